The minimum Gasteiger partial charge on any atom is -0.294 e. The van der Waals surface area contributed by atoms with Crippen LogP contribution in [0.3, 0.4) is 0 Å². The van der Waals surface area contributed by atoms with E-state index in [0.717, 1.165) is 11.1 Å². The van der Waals surface area contributed by atoms with Crippen LogP contribution in [0.4, 0.5) is 8.78 Å². The van der Waals surface area contributed by atoms with E-state index in [2.05, 4.69) is 4.98 Å². The van der Waals surface area contributed by atoms with Crippen LogP contribution in [0.2, 0.25) is 0 Å². The first-order chi connectivity index (χ1) is 8.49. The molecule has 1 heterocycles. The minimum absolute atomic E-state index is 0.0817. The van der Waals surface area contributed by atoms with Crippen molar-refractivity contribution in [3.8, 4) is 0 Å². The number of Topliss-reactive ketones (excluding diaryl/α,β-unsaturated/α-hetero) is 1. The number of carbonyl (C=O) groups is 1. The first-order valence-electron chi connectivity index (χ1n) is 5.38. The Labute approximate surface area is 107 Å². The SMILES string of the molecule is Cc1nc(CC(=O)c2c(F)ccc(C)c2F)cs1. The Balaban J connectivity index is 2.32. The van der Waals surface area contributed by atoms with Gasteiger partial charge < -0.3 is 0 Å². The van der Waals surface area contributed by atoms with Gasteiger partial charge in [-0.25, -0.2) is 13.8 Å². The average Bonchev–Trinajstić information content (AvgIpc) is 2.70. The Morgan fingerprint density at radius 3 is 2.67 bits per heavy atom. The minimum atomic E-state index is -0.824. The number of aryl methyl sites for hydroxylation is 2. The van der Waals surface area contributed by atoms with E-state index in [1.807, 2.05) is 6.92 Å². The number of rotatable bonds is 3. The summed E-state index contributed by atoms with van der Waals surface area (Å²) in [4.78, 5) is 16.0. The van der Waals surface area contributed by atoms with Crippen molar-refractivity contribution in [2.75, 3.05) is 0 Å². The zero-order chi connectivity index (χ0) is 13.3. The van der Waals surface area contributed by atoms with Crippen molar-refractivity contribution in [2.24, 2.45) is 0 Å². The van der Waals surface area contributed by atoms with Crippen LogP contribution in [-0.4, -0.2) is 10.8 Å². The van der Waals surface area contributed by atoms with Gasteiger partial charge in [-0.3, -0.25) is 4.79 Å². The fourth-order valence-electron chi connectivity index (χ4n) is 1.65. The van der Waals surface area contributed by atoms with Crippen LogP contribution in [0.15, 0.2) is 17.5 Å². The second-order valence-corrected chi connectivity index (χ2v) is 5.07. The highest BCUT2D eigenvalue weighted by molar-refractivity contribution is 7.09. The number of hydrogen-bond donors (Lipinski definition) is 0. The van der Waals surface area contributed by atoms with E-state index in [1.54, 1.807) is 5.38 Å². The van der Waals surface area contributed by atoms with Crippen molar-refractivity contribution in [3.63, 3.8) is 0 Å². The highest BCUT2D eigenvalue weighted by atomic mass is 32.1. The standard InChI is InChI=1S/C13H11F2NOS/c1-7-3-4-10(14)12(13(7)15)11(17)5-9-6-18-8(2)16-9/h3-4,6H,5H2,1-2H3. The Bertz CT molecular complexity index is 607. The van der Waals surface area contributed by atoms with Crippen molar-refractivity contribution in [1.82, 2.24) is 4.98 Å². The summed E-state index contributed by atoms with van der Waals surface area (Å²) in [5.74, 6) is -2.19. The smallest absolute Gasteiger partial charge is 0.174 e. The van der Waals surface area contributed by atoms with E-state index in [1.165, 1.54) is 24.3 Å². The number of halogens is 2. The van der Waals surface area contributed by atoms with Gasteiger partial charge in [0.05, 0.1) is 22.7 Å². The number of carbonyl (C=O) groups excluding carboxylic acids is 1. The van der Waals surface area contributed by atoms with Crippen LogP contribution in [0.25, 0.3) is 0 Å². The zero-order valence-corrected chi connectivity index (χ0v) is 10.8. The Morgan fingerprint density at radius 2 is 2.06 bits per heavy atom. The fourth-order valence-corrected chi connectivity index (χ4v) is 2.27. The van der Waals surface area contributed by atoms with Crippen molar-refractivity contribution < 1.29 is 13.6 Å². The molecule has 18 heavy (non-hydrogen) atoms. The molecule has 0 N–H and O–H groups in total. The van der Waals surface area contributed by atoms with Gasteiger partial charge in [0, 0.05) is 5.38 Å². The molecular formula is C13H11F2NOS. The summed E-state index contributed by atoms with van der Waals surface area (Å²) in [5.41, 5.74) is 0.331. The Hall–Kier alpha value is -1.62. The van der Waals surface area contributed by atoms with E-state index < -0.39 is 23.0 Å². The summed E-state index contributed by atoms with van der Waals surface area (Å²) in [7, 11) is 0. The highest BCUT2D eigenvalue weighted by Gasteiger charge is 2.19. The van der Waals surface area contributed by atoms with Crippen LogP contribution >= 0.6 is 11.3 Å². The van der Waals surface area contributed by atoms with Crippen molar-refractivity contribution in [2.45, 2.75) is 20.3 Å². The lowest BCUT2D eigenvalue weighted by atomic mass is 10.0. The molecule has 1 aromatic heterocycles. The molecule has 5 heteroatoms. The molecule has 2 nitrogen and oxygen atoms in total. The topological polar surface area (TPSA) is 30.0 Å². The molecule has 1 aromatic carbocycles. The molecule has 0 amide bonds. The zero-order valence-electron chi connectivity index (χ0n) is 9.96. The number of ketones is 1. The number of hydrogen-bond acceptors (Lipinski definition) is 3. The molecule has 94 valence electrons. The van der Waals surface area contributed by atoms with Crippen LogP contribution in [0, 0.1) is 25.5 Å². The maximum Gasteiger partial charge on any atom is 0.174 e. The predicted octanol–water partition coefficient (Wildman–Crippen LogP) is 3.46. The van der Waals surface area contributed by atoms with E-state index >= 15 is 0 Å². The quantitative estimate of drug-likeness (QED) is 0.797. The van der Waals surface area contributed by atoms with Crippen molar-refractivity contribution in [3.05, 3.63) is 51.0 Å². The van der Waals surface area contributed by atoms with Crippen molar-refractivity contribution >= 4 is 17.1 Å². The number of aromatic nitrogens is 1. The van der Waals surface area contributed by atoms with E-state index in [4.69, 9.17) is 0 Å². The Morgan fingerprint density at radius 1 is 1.33 bits per heavy atom. The molecule has 0 spiro atoms. The second kappa shape index (κ2) is 4.94. The first kappa shape index (κ1) is 12.8. The van der Waals surface area contributed by atoms with Gasteiger partial charge in [-0.05, 0) is 25.5 Å². The molecule has 0 aliphatic rings. The summed E-state index contributed by atoms with van der Waals surface area (Å²) < 4.78 is 27.3. The van der Waals surface area contributed by atoms with Gasteiger partial charge >= 0.3 is 0 Å². The van der Waals surface area contributed by atoms with Crippen LogP contribution in [-0.2, 0) is 6.42 Å². The molecule has 0 fully saturated rings. The third-order valence-electron chi connectivity index (χ3n) is 2.57. The normalized spacial score (nSPS) is 10.7. The summed E-state index contributed by atoms with van der Waals surface area (Å²) >= 11 is 1.40. The van der Waals surface area contributed by atoms with E-state index in [-0.39, 0.29) is 12.0 Å². The first-order valence-corrected chi connectivity index (χ1v) is 6.26. The summed E-state index contributed by atoms with van der Waals surface area (Å²) in [6.07, 6.45) is -0.0817. The monoisotopic (exact) mass is 267 g/mol. The third kappa shape index (κ3) is 2.46. The van der Waals surface area contributed by atoms with Gasteiger partial charge in [0.15, 0.2) is 5.78 Å². The lowest BCUT2D eigenvalue weighted by molar-refractivity contribution is 0.0984. The van der Waals surface area contributed by atoms with Crippen molar-refractivity contribution in [1.29, 1.82) is 0 Å². The molecule has 2 rings (SSSR count). The molecule has 0 unspecified atom stereocenters. The lowest BCUT2D eigenvalue weighted by Crippen LogP contribution is -2.10. The van der Waals surface area contributed by atoms with Gasteiger partial charge in [0.2, 0.25) is 0 Å². The maximum absolute atomic E-state index is 13.7. The second-order valence-electron chi connectivity index (χ2n) is 4.01. The highest BCUT2D eigenvalue weighted by Crippen LogP contribution is 2.19. The molecule has 0 radical (unpaired) electrons. The molecule has 0 bridgehead atoms. The molecule has 0 atom stereocenters. The number of thiazole rings is 1. The molecular weight excluding hydrogens is 256 g/mol. The average molecular weight is 267 g/mol. The third-order valence-corrected chi connectivity index (χ3v) is 3.39. The predicted molar refractivity (Wildman–Crippen MR) is 66.0 cm³/mol. The van der Waals surface area contributed by atoms with Gasteiger partial charge in [-0.1, -0.05) is 6.07 Å². The van der Waals surface area contributed by atoms with E-state index in [9.17, 15) is 13.6 Å². The molecule has 0 aliphatic carbocycles. The molecule has 0 aliphatic heterocycles. The van der Waals surface area contributed by atoms with Gasteiger partial charge in [-0.2, -0.15) is 0 Å². The number of nitrogens with zero attached hydrogens (tertiary/aromatic N) is 1. The van der Waals surface area contributed by atoms with Gasteiger partial charge in [0.25, 0.3) is 0 Å². The Kier molecular flexibility index (Phi) is 3.52. The molecule has 0 saturated heterocycles. The summed E-state index contributed by atoms with van der Waals surface area (Å²) in [6.45, 7) is 3.31. The number of benzene rings is 1. The molecule has 0 saturated carbocycles. The van der Waals surface area contributed by atoms with Crippen LogP contribution in [0.1, 0.15) is 26.6 Å². The largest absolute Gasteiger partial charge is 0.294 e. The lowest BCUT2D eigenvalue weighted by Gasteiger charge is -2.05. The van der Waals surface area contributed by atoms with Crippen LogP contribution < -0.4 is 0 Å². The van der Waals surface area contributed by atoms with E-state index in [0.29, 0.717) is 5.69 Å². The molecule has 2 aromatic rings. The fraction of sp³-hybridized carbons (Fsp3) is 0.231. The summed E-state index contributed by atoms with van der Waals surface area (Å²) in [6, 6.07) is 2.42. The van der Waals surface area contributed by atoms with Gasteiger partial charge in [-0.15, -0.1) is 11.3 Å². The van der Waals surface area contributed by atoms with Crippen LogP contribution in [0.5, 0.6) is 0 Å². The summed E-state index contributed by atoms with van der Waals surface area (Å²) in [5, 5.41) is 2.54. The maximum atomic E-state index is 13.7. The van der Waals surface area contributed by atoms with Gasteiger partial charge in [0.1, 0.15) is 11.6 Å².